The van der Waals surface area contributed by atoms with Crippen LogP contribution in [0.15, 0.2) is 41.2 Å². The van der Waals surface area contributed by atoms with Crippen molar-refractivity contribution in [2.24, 2.45) is 0 Å². The smallest absolute Gasteiger partial charge is 0.326 e. The molecule has 136 valence electrons. The maximum Gasteiger partial charge on any atom is 0.326 e. The van der Waals surface area contributed by atoms with Crippen molar-refractivity contribution in [1.82, 2.24) is 9.55 Å². The van der Waals surface area contributed by atoms with Crippen molar-refractivity contribution in [3.8, 4) is 17.2 Å². The number of aromatic amines is 1. The zero-order valence-electron chi connectivity index (χ0n) is 14.7. The van der Waals surface area contributed by atoms with Crippen LogP contribution in [-0.4, -0.2) is 36.8 Å². The SMILES string of the molecule is COc1cc(NC(=O)Cn2c(=O)[nH]c3ccccc32)cc(OC)c1OC. The predicted octanol–water partition coefficient (Wildman–Crippen LogP) is 1.99. The van der Waals surface area contributed by atoms with Crippen LogP contribution in [0.4, 0.5) is 5.69 Å². The van der Waals surface area contributed by atoms with Crippen molar-refractivity contribution in [1.29, 1.82) is 0 Å². The van der Waals surface area contributed by atoms with Crippen LogP contribution in [-0.2, 0) is 11.3 Å². The molecule has 0 fully saturated rings. The number of ether oxygens (including phenoxy) is 3. The monoisotopic (exact) mass is 357 g/mol. The number of imidazole rings is 1. The Morgan fingerprint density at radius 1 is 1.08 bits per heavy atom. The molecule has 0 aliphatic carbocycles. The van der Waals surface area contributed by atoms with Crippen LogP contribution in [0.5, 0.6) is 17.2 Å². The summed E-state index contributed by atoms with van der Waals surface area (Å²) < 4.78 is 17.2. The number of fused-ring (bicyclic) bond motifs is 1. The molecule has 0 atom stereocenters. The topological polar surface area (TPSA) is 94.6 Å². The number of aromatic nitrogens is 2. The molecule has 0 saturated heterocycles. The van der Waals surface area contributed by atoms with Crippen LogP contribution in [0.2, 0.25) is 0 Å². The first-order valence-electron chi connectivity index (χ1n) is 7.84. The molecule has 8 heteroatoms. The lowest BCUT2D eigenvalue weighted by Crippen LogP contribution is -2.25. The average Bonchev–Trinajstić information content (AvgIpc) is 2.96. The van der Waals surface area contributed by atoms with Gasteiger partial charge in [-0.2, -0.15) is 0 Å². The van der Waals surface area contributed by atoms with E-state index in [0.29, 0.717) is 34.0 Å². The Labute approximate surface area is 149 Å². The summed E-state index contributed by atoms with van der Waals surface area (Å²) in [5.74, 6) is 0.921. The zero-order valence-corrected chi connectivity index (χ0v) is 14.7. The largest absolute Gasteiger partial charge is 0.493 e. The average molecular weight is 357 g/mol. The second-order valence-electron chi connectivity index (χ2n) is 5.50. The number of amides is 1. The van der Waals surface area contributed by atoms with E-state index in [1.165, 1.54) is 25.9 Å². The molecule has 0 aliphatic rings. The van der Waals surface area contributed by atoms with Gasteiger partial charge in [-0.3, -0.25) is 9.36 Å². The third-order valence-corrected chi connectivity index (χ3v) is 3.93. The summed E-state index contributed by atoms with van der Waals surface area (Å²) in [7, 11) is 4.49. The Morgan fingerprint density at radius 3 is 2.35 bits per heavy atom. The number of benzene rings is 2. The van der Waals surface area contributed by atoms with Gasteiger partial charge < -0.3 is 24.5 Å². The summed E-state index contributed by atoms with van der Waals surface area (Å²) in [6.07, 6.45) is 0. The molecule has 1 amide bonds. The highest BCUT2D eigenvalue weighted by atomic mass is 16.5. The minimum Gasteiger partial charge on any atom is -0.493 e. The van der Waals surface area contributed by atoms with Crippen LogP contribution >= 0.6 is 0 Å². The molecule has 1 aromatic heterocycles. The first-order chi connectivity index (χ1) is 12.6. The number of anilines is 1. The van der Waals surface area contributed by atoms with E-state index in [4.69, 9.17) is 14.2 Å². The van der Waals surface area contributed by atoms with Crippen molar-refractivity contribution in [3.63, 3.8) is 0 Å². The van der Waals surface area contributed by atoms with Gasteiger partial charge in [0.25, 0.3) is 0 Å². The Kier molecular flexibility index (Phi) is 4.83. The van der Waals surface area contributed by atoms with Crippen molar-refractivity contribution >= 4 is 22.6 Å². The van der Waals surface area contributed by atoms with Gasteiger partial charge in [0.2, 0.25) is 11.7 Å². The van der Waals surface area contributed by atoms with E-state index in [1.807, 2.05) is 12.1 Å². The molecular weight excluding hydrogens is 338 g/mol. The van der Waals surface area contributed by atoms with Gasteiger partial charge in [-0.25, -0.2) is 4.79 Å². The fourth-order valence-corrected chi connectivity index (χ4v) is 2.76. The molecule has 26 heavy (non-hydrogen) atoms. The molecule has 1 heterocycles. The molecule has 0 aliphatic heterocycles. The number of carbonyl (C=O) groups excluding carboxylic acids is 1. The van der Waals surface area contributed by atoms with Crippen LogP contribution in [0.1, 0.15) is 0 Å². The van der Waals surface area contributed by atoms with E-state index < -0.39 is 0 Å². The van der Waals surface area contributed by atoms with Gasteiger partial charge >= 0.3 is 5.69 Å². The van der Waals surface area contributed by atoms with E-state index in [1.54, 1.807) is 24.3 Å². The van der Waals surface area contributed by atoms with Gasteiger partial charge in [0, 0.05) is 17.8 Å². The number of H-pyrrole nitrogens is 1. The number of nitrogens with zero attached hydrogens (tertiary/aromatic N) is 1. The number of rotatable bonds is 6. The summed E-state index contributed by atoms with van der Waals surface area (Å²) >= 11 is 0. The lowest BCUT2D eigenvalue weighted by molar-refractivity contribution is -0.116. The first-order valence-corrected chi connectivity index (χ1v) is 7.84. The third-order valence-electron chi connectivity index (χ3n) is 3.93. The van der Waals surface area contributed by atoms with Crippen molar-refractivity contribution in [2.75, 3.05) is 26.6 Å². The molecule has 0 spiro atoms. The van der Waals surface area contributed by atoms with Gasteiger partial charge in [0.1, 0.15) is 6.54 Å². The predicted molar refractivity (Wildman–Crippen MR) is 97.3 cm³/mol. The zero-order chi connectivity index (χ0) is 18.7. The number of carbonyl (C=O) groups is 1. The molecule has 0 bridgehead atoms. The second kappa shape index (κ2) is 7.22. The molecule has 0 unspecified atom stereocenters. The molecule has 2 aromatic carbocycles. The van der Waals surface area contributed by atoms with Gasteiger partial charge in [0.05, 0.1) is 32.4 Å². The Balaban J connectivity index is 1.86. The summed E-state index contributed by atoms with van der Waals surface area (Å²) in [4.78, 5) is 27.2. The lowest BCUT2D eigenvalue weighted by Gasteiger charge is -2.14. The lowest BCUT2D eigenvalue weighted by atomic mass is 10.2. The molecule has 0 saturated carbocycles. The van der Waals surface area contributed by atoms with Gasteiger partial charge in [-0.1, -0.05) is 12.1 Å². The number of para-hydroxylation sites is 2. The fraction of sp³-hybridized carbons (Fsp3) is 0.222. The van der Waals surface area contributed by atoms with E-state index in [0.717, 1.165) is 0 Å². The normalized spacial score (nSPS) is 10.6. The van der Waals surface area contributed by atoms with Crippen molar-refractivity contribution in [3.05, 3.63) is 46.9 Å². The highest BCUT2D eigenvalue weighted by Gasteiger charge is 2.15. The highest BCUT2D eigenvalue weighted by molar-refractivity contribution is 5.92. The maximum atomic E-state index is 12.4. The van der Waals surface area contributed by atoms with Crippen LogP contribution < -0.4 is 25.2 Å². The number of hydrogen-bond donors (Lipinski definition) is 2. The summed E-state index contributed by atoms with van der Waals surface area (Å²) in [6, 6.07) is 10.4. The van der Waals surface area contributed by atoms with Crippen LogP contribution in [0.25, 0.3) is 11.0 Å². The third kappa shape index (κ3) is 3.21. The summed E-state index contributed by atoms with van der Waals surface area (Å²) in [5, 5.41) is 2.74. The Morgan fingerprint density at radius 2 is 1.73 bits per heavy atom. The summed E-state index contributed by atoms with van der Waals surface area (Å²) in [5.41, 5.74) is 1.47. The second-order valence-corrected chi connectivity index (χ2v) is 5.50. The molecule has 3 rings (SSSR count). The number of methoxy groups -OCH3 is 3. The van der Waals surface area contributed by atoms with E-state index >= 15 is 0 Å². The van der Waals surface area contributed by atoms with Crippen molar-refractivity contribution < 1.29 is 19.0 Å². The minimum absolute atomic E-state index is 0.125. The standard InChI is InChI=1S/C18H19N3O5/c1-24-14-8-11(9-15(25-2)17(14)26-3)19-16(22)10-21-13-7-5-4-6-12(13)20-18(21)23/h4-9H,10H2,1-3H3,(H,19,22)(H,20,23). The van der Waals surface area contributed by atoms with E-state index in [9.17, 15) is 9.59 Å². The van der Waals surface area contributed by atoms with Crippen LogP contribution in [0.3, 0.4) is 0 Å². The quantitative estimate of drug-likeness (QED) is 0.704. The van der Waals surface area contributed by atoms with Crippen LogP contribution in [0, 0.1) is 0 Å². The minimum atomic E-state index is -0.355. The van der Waals surface area contributed by atoms with Gasteiger partial charge in [0.15, 0.2) is 11.5 Å². The molecule has 3 aromatic rings. The molecule has 2 N–H and O–H groups in total. The fourth-order valence-electron chi connectivity index (χ4n) is 2.76. The molecule has 8 nitrogen and oxygen atoms in total. The Hall–Kier alpha value is -3.42. The highest BCUT2D eigenvalue weighted by Crippen LogP contribution is 2.39. The van der Waals surface area contributed by atoms with Gasteiger partial charge in [-0.15, -0.1) is 0 Å². The number of nitrogens with one attached hydrogen (secondary N) is 2. The molecule has 0 radical (unpaired) electrons. The van der Waals surface area contributed by atoms with E-state index in [2.05, 4.69) is 10.3 Å². The van der Waals surface area contributed by atoms with E-state index in [-0.39, 0.29) is 18.1 Å². The van der Waals surface area contributed by atoms with Crippen molar-refractivity contribution in [2.45, 2.75) is 6.54 Å². The Bertz CT molecular complexity index is 980. The molecular formula is C18H19N3O5. The maximum absolute atomic E-state index is 12.4. The summed E-state index contributed by atoms with van der Waals surface area (Å²) in [6.45, 7) is -0.125. The number of hydrogen-bond acceptors (Lipinski definition) is 5. The van der Waals surface area contributed by atoms with Gasteiger partial charge in [-0.05, 0) is 12.1 Å². The first kappa shape index (κ1) is 17.4.